The van der Waals surface area contributed by atoms with Crippen molar-refractivity contribution in [3.63, 3.8) is 0 Å². The van der Waals surface area contributed by atoms with Gasteiger partial charge in [0.1, 0.15) is 0 Å². The molecule has 1 aliphatic carbocycles. The Hall–Kier alpha value is -1.25. The maximum absolute atomic E-state index is 12.7. The third kappa shape index (κ3) is 3.87. The lowest BCUT2D eigenvalue weighted by Gasteiger charge is -2.21. The van der Waals surface area contributed by atoms with Crippen LogP contribution in [-0.2, 0) is 15.8 Å². The third-order valence-corrected chi connectivity index (χ3v) is 7.30. The van der Waals surface area contributed by atoms with Gasteiger partial charge in [0.05, 0.1) is 5.25 Å². The number of nitrogens with two attached hydrogens (primary N) is 1. The molecule has 0 bridgehead atoms. The fourth-order valence-electron chi connectivity index (χ4n) is 2.77. The van der Waals surface area contributed by atoms with Crippen molar-refractivity contribution < 1.29 is 8.42 Å². The van der Waals surface area contributed by atoms with E-state index in [0.29, 0.717) is 28.8 Å². The highest BCUT2D eigenvalue weighted by atomic mass is 35.5. The monoisotopic (exact) mass is 386 g/mol. The smallest absolute Gasteiger partial charge is 0.259 e. The molecule has 24 heavy (non-hydrogen) atoms. The fourth-order valence-corrected chi connectivity index (χ4v) is 5.44. The van der Waals surface area contributed by atoms with Crippen LogP contribution in [0.15, 0.2) is 29.4 Å². The maximum atomic E-state index is 12.7. The SMILES string of the molecule is Nc1nc(SCc2ccc(Cl)cc2)nn1S(=O)(=O)C1CCCCC1. The predicted octanol–water partition coefficient (Wildman–Crippen LogP) is 3.32. The molecule has 1 heterocycles. The Balaban J connectivity index is 1.73. The number of aromatic nitrogens is 3. The van der Waals surface area contributed by atoms with Gasteiger partial charge in [0.15, 0.2) is 0 Å². The predicted molar refractivity (Wildman–Crippen MR) is 96.6 cm³/mol. The van der Waals surface area contributed by atoms with Crippen molar-refractivity contribution >= 4 is 39.3 Å². The zero-order chi connectivity index (χ0) is 17.2. The Labute approximate surface area is 150 Å². The summed E-state index contributed by atoms with van der Waals surface area (Å²) >= 11 is 7.21. The van der Waals surface area contributed by atoms with Gasteiger partial charge in [-0.05, 0) is 30.5 Å². The van der Waals surface area contributed by atoms with Gasteiger partial charge in [-0.3, -0.25) is 0 Å². The molecule has 1 aromatic carbocycles. The molecule has 6 nitrogen and oxygen atoms in total. The van der Waals surface area contributed by atoms with Crippen molar-refractivity contribution in [2.45, 2.75) is 48.3 Å². The first-order chi connectivity index (χ1) is 11.5. The van der Waals surface area contributed by atoms with Crippen LogP contribution in [0.1, 0.15) is 37.7 Å². The average molecular weight is 387 g/mol. The van der Waals surface area contributed by atoms with Crippen LogP contribution in [0.25, 0.3) is 0 Å². The van der Waals surface area contributed by atoms with Crippen molar-refractivity contribution in [1.29, 1.82) is 0 Å². The minimum Gasteiger partial charge on any atom is -0.367 e. The van der Waals surface area contributed by atoms with Crippen LogP contribution in [0.4, 0.5) is 5.95 Å². The molecule has 1 saturated carbocycles. The minimum absolute atomic E-state index is 0.0702. The van der Waals surface area contributed by atoms with Gasteiger partial charge in [-0.2, -0.15) is 4.98 Å². The Morgan fingerprint density at radius 3 is 2.54 bits per heavy atom. The first kappa shape index (κ1) is 17.6. The zero-order valence-corrected chi connectivity index (χ0v) is 15.4. The third-order valence-electron chi connectivity index (χ3n) is 4.08. The summed E-state index contributed by atoms with van der Waals surface area (Å²) in [6.45, 7) is 0. The van der Waals surface area contributed by atoms with Crippen molar-refractivity contribution in [1.82, 2.24) is 14.2 Å². The average Bonchev–Trinajstić information content (AvgIpc) is 2.97. The molecular weight excluding hydrogens is 368 g/mol. The van der Waals surface area contributed by atoms with Crippen LogP contribution in [0.2, 0.25) is 5.02 Å². The van der Waals surface area contributed by atoms with E-state index in [1.165, 1.54) is 11.8 Å². The fraction of sp³-hybridized carbons (Fsp3) is 0.467. The summed E-state index contributed by atoms with van der Waals surface area (Å²) < 4.78 is 26.3. The van der Waals surface area contributed by atoms with Crippen LogP contribution in [-0.4, -0.2) is 27.8 Å². The van der Waals surface area contributed by atoms with E-state index in [2.05, 4.69) is 10.1 Å². The van der Waals surface area contributed by atoms with Crippen LogP contribution in [0, 0.1) is 0 Å². The van der Waals surface area contributed by atoms with Crippen LogP contribution >= 0.6 is 23.4 Å². The number of thioether (sulfide) groups is 1. The summed E-state index contributed by atoms with van der Waals surface area (Å²) in [5, 5.41) is 4.74. The molecule has 1 aromatic heterocycles. The molecule has 2 N–H and O–H groups in total. The molecule has 0 radical (unpaired) electrons. The first-order valence-electron chi connectivity index (χ1n) is 7.81. The summed E-state index contributed by atoms with van der Waals surface area (Å²) in [4.78, 5) is 4.09. The van der Waals surface area contributed by atoms with Gasteiger partial charge in [-0.1, -0.05) is 54.8 Å². The van der Waals surface area contributed by atoms with Gasteiger partial charge in [-0.15, -0.1) is 9.19 Å². The van der Waals surface area contributed by atoms with E-state index in [0.717, 1.165) is 28.9 Å². The van der Waals surface area contributed by atoms with E-state index in [1.54, 1.807) is 0 Å². The number of hydrogen-bond donors (Lipinski definition) is 1. The van der Waals surface area contributed by atoms with E-state index >= 15 is 0 Å². The Bertz CT molecular complexity index is 799. The number of anilines is 1. The Morgan fingerprint density at radius 2 is 1.88 bits per heavy atom. The van der Waals surface area contributed by atoms with Gasteiger partial charge in [0.25, 0.3) is 10.0 Å². The van der Waals surface area contributed by atoms with Gasteiger partial charge in [0.2, 0.25) is 11.1 Å². The van der Waals surface area contributed by atoms with Crippen molar-refractivity contribution in [2.75, 3.05) is 5.73 Å². The highest BCUT2D eigenvalue weighted by Crippen LogP contribution is 2.27. The number of nitrogens with zero attached hydrogens (tertiary/aromatic N) is 3. The van der Waals surface area contributed by atoms with E-state index in [1.807, 2.05) is 24.3 Å². The maximum Gasteiger partial charge on any atom is 0.259 e. The van der Waals surface area contributed by atoms with Crippen molar-refractivity contribution in [3.8, 4) is 0 Å². The molecule has 0 spiro atoms. The summed E-state index contributed by atoms with van der Waals surface area (Å²) in [5.41, 5.74) is 6.85. The van der Waals surface area contributed by atoms with Gasteiger partial charge < -0.3 is 5.73 Å². The summed E-state index contributed by atoms with van der Waals surface area (Å²) in [6, 6.07) is 7.44. The molecule has 1 fully saturated rings. The van der Waals surface area contributed by atoms with Crippen LogP contribution in [0.3, 0.4) is 0 Å². The highest BCUT2D eigenvalue weighted by molar-refractivity contribution is 7.98. The second kappa shape index (κ2) is 7.33. The lowest BCUT2D eigenvalue weighted by molar-refractivity contribution is 0.477. The molecule has 2 aromatic rings. The second-order valence-corrected chi connectivity index (χ2v) is 9.24. The van der Waals surface area contributed by atoms with Crippen LogP contribution in [0.5, 0.6) is 0 Å². The number of benzene rings is 1. The molecule has 3 rings (SSSR count). The number of hydrogen-bond acceptors (Lipinski definition) is 6. The first-order valence-corrected chi connectivity index (χ1v) is 10.7. The lowest BCUT2D eigenvalue weighted by atomic mass is 10.0. The molecule has 0 saturated heterocycles. The summed E-state index contributed by atoms with van der Waals surface area (Å²) in [5.74, 6) is 0.545. The number of nitrogen functional groups attached to an aromatic ring is 1. The quantitative estimate of drug-likeness (QED) is 0.792. The number of halogens is 1. The van der Waals surface area contributed by atoms with E-state index in [4.69, 9.17) is 17.3 Å². The van der Waals surface area contributed by atoms with Gasteiger partial charge >= 0.3 is 0 Å². The van der Waals surface area contributed by atoms with Gasteiger partial charge in [-0.25, -0.2) is 8.42 Å². The normalized spacial score (nSPS) is 16.4. The molecule has 1 aliphatic rings. The van der Waals surface area contributed by atoms with Crippen molar-refractivity contribution in [2.24, 2.45) is 0 Å². The molecule has 9 heteroatoms. The minimum atomic E-state index is -3.57. The standard InChI is InChI=1S/C15H19ClN4O2S2/c16-12-8-6-11(7-9-12)10-23-15-18-14(17)20(19-15)24(21,22)13-4-2-1-3-5-13/h6-9,13H,1-5,10H2,(H2,17,18,19). The highest BCUT2D eigenvalue weighted by Gasteiger charge is 2.31. The van der Waals surface area contributed by atoms with E-state index < -0.39 is 15.3 Å². The Kier molecular flexibility index (Phi) is 5.36. The topological polar surface area (TPSA) is 90.9 Å². The molecule has 0 atom stereocenters. The largest absolute Gasteiger partial charge is 0.367 e. The van der Waals surface area contributed by atoms with E-state index in [-0.39, 0.29) is 5.95 Å². The number of rotatable bonds is 5. The van der Waals surface area contributed by atoms with E-state index in [9.17, 15) is 8.42 Å². The molecule has 0 amide bonds. The lowest BCUT2D eigenvalue weighted by Crippen LogP contribution is -2.31. The second-order valence-electron chi connectivity index (χ2n) is 5.82. The molecule has 0 aliphatic heterocycles. The molecular formula is C15H19ClN4O2S2. The summed E-state index contributed by atoms with van der Waals surface area (Å²) in [6.07, 6.45) is 4.26. The zero-order valence-electron chi connectivity index (χ0n) is 13.1. The summed E-state index contributed by atoms with van der Waals surface area (Å²) in [7, 11) is -3.57. The Morgan fingerprint density at radius 1 is 1.21 bits per heavy atom. The van der Waals surface area contributed by atoms with Crippen molar-refractivity contribution in [3.05, 3.63) is 34.9 Å². The van der Waals surface area contributed by atoms with Crippen LogP contribution < -0.4 is 5.73 Å². The van der Waals surface area contributed by atoms with Gasteiger partial charge in [0, 0.05) is 10.8 Å². The molecule has 130 valence electrons. The molecule has 0 unspecified atom stereocenters.